The molecule has 1 radical (unpaired) electrons. The first-order valence-electron chi connectivity index (χ1n) is 1.77. The lowest BCUT2D eigenvalue weighted by Crippen LogP contribution is -2.04. The van der Waals surface area contributed by atoms with Crippen LogP contribution in [0.2, 0.25) is 0 Å². The number of nitrogens with one attached hydrogen (secondary N) is 1. The van der Waals surface area contributed by atoms with Crippen LogP contribution in [0, 0.1) is 12.0 Å². The fraction of sp³-hybridized carbons (Fsp3) is 0.500. The summed E-state index contributed by atoms with van der Waals surface area (Å²) in [6.07, 6.45) is -5.43. The lowest BCUT2D eigenvalue weighted by Gasteiger charge is -1.96. The van der Waals surface area contributed by atoms with E-state index in [-0.39, 0.29) is 0 Å². The molecule has 0 atom stereocenters. The molecule has 0 aliphatic heterocycles. The third-order valence-electron chi connectivity index (χ3n) is 0.377. The van der Waals surface area contributed by atoms with Crippen LogP contribution in [-0.2, 0) is 0 Å². The van der Waals surface area contributed by atoms with Crippen molar-refractivity contribution in [3.05, 3.63) is 0 Å². The molecule has 0 amide bonds. The van der Waals surface area contributed by atoms with Gasteiger partial charge in [0.2, 0.25) is 0 Å². The highest BCUT2D eigenvalue weighted by atomic mass is 19.4. The Morgan fingerprint density at radius 2 is 1.88 bits per heavy atom. The molecule has 45 valence electrons. The van der Waals surface area contributed by atoms with E-state index >= 15 is 0 Å². The fourth-order valence-corrected chi connectivity index (χ4v) is 0.144. The van der Waals surface area contributed by atoms with E-state index in [0.717, 1.165) is 0 Å². The van der Waals surface area contributed by atoms with Crippen molar-refractivity contribution in [2.75, 3.05) is 0 Å². The van der Waals surface area contributed by atoms with Crippen molar-refractivity contribution in [3.63, 3.8) is 0 Å². The van der Waals surface area contributed by atoms with E-state index in [4.69, 9.17) is 5.73 Å². The maximum Gasteiger partial charge on any atom is 0.399 e. The van der Waals surface area contributed by atoms with Gasteiger partial charge in [0.05, 0.1) is 0 Å². The number of hydrogen-bond acceptors (Lipinski definition) is 0. The van der Waals surface area contributed by atoms with Gasteiger partial charge in [-0.1, -0.05) is 5.92 Å². The zero-order valence-corrected chi connectivity index (χ0v) is 3.84. The Hall–Kier alpha value is -0.850. The molecule has 0 saturated carbocycles. The van der Waals surface area contributed by atoms with Crippen LogP contribution in [0.15, 0.2) is 0 Å². The third kappa shape index (κ3) is 5.15. The molecule has 1 nitrogen and oxygen atoms in total. The first-order chi connectivity index (χ1) is 3.56. The first kappa shape index (κ1) is 7.15. The van der Waals surface area contributed by atoms with Crippen molar-refractivity contribution >= 4 is 0 Å². The highest BCUT2D eigenvalue weighted by molar-refractivity contribution is 4.94. The predicted molar refractivity (Wildman–Crippen MR) is 21.5 cm³/mol. The molecule has 0 aromatic carbocycles. The van der Waals surface area contributed by atoms with Crippen LogP contribution in [-0.4, -0.2) is 6.18 Å². The molecule has 0 bridgehead atoms. The average molecular weight is 122 g/mol. The second-order valence-electron chi connectivity index (χ2n) is 1.09. The van der Waals surface area contributed by atoms with Gasteiger partial charge in [-0.05, 0) is 0 Å². The molecular weight excluding hydrogens is 119 g/mol. The molecular formula is C4H3F3N. The van der Waals surface area contributed by atoms with Gasteiger partial charge in [0.15, 0.2) is 0 Å². The molecule has 0 aromatic heterocycles. The van der Waals surface area contributed by atoms with Crippen molar-refractivity contribution in [3.8, 4) is 12.0 Å². The van der Waals surface area contributed by atoms with Crippen molar-refractivity contribution < 1.29 is 13.2 Å². The zero-order valence-electron chi connectivity index (χ0n) is 3.84. The SMILES string of the molecule is [NH]C#CCC(F)(F)F. The van der Waals surface area contributed by atoms with Crippen LogP contribution in [0.25, 0.3) is 0 Å². The molecule has 0 saturated heterocycles. The highest BCUT2D eigenvalue weighted by Gasteiger charge is 2.25. The maximum atomic E-state index is 11.1. The lowest BCUT2D eigenvalue weighted by molar-refractivity contribution is -0.123. The molecule has 0 aliphatic rings. The molecule has 1 N–H and O–H groups in total. The Morgan fingerprint density at radius 3 is 2.00 bits per heavy atom. The van der Waals surface area contributed by atoms with Crippen LogP contribution in [0.1, 0.15) is 6.42 Å². The summed E-state index contributed by atoms with van der Waals surface area (Å²) in [6, 6.07) is 1.40. The van der Waals surface area contributed by atoms with Crippen molar-refractivity contribution in [1.29, 1.82) is 0 Å². The Bertz CT molecular complexity index is 115. The van der Waals surface area contributed by atoms with Gasteiger partial charge >= 0.3 is 6.18 Å². The van der Waals surface area contributed by atoms with Crippen LogP contribution >= 0.6 is 0 Å². The molecule has 0 heterocycles. The molecule has 0 spiro atoms. The molecule has 4 heteroatoms. The summed E-state index contributed by atoms with van der Waals surface area (Å²) in [5, 5.41) is 0. The summed E-state index contributed by atoms with van der Waals surface area (Å²) in [5.74, 6) is 1.58. The van der Waals surface area contributed by atoms with E-state index in [2.05, 4.69) is 0 Å². The fourth-order valence-electron chi connectivity index (χ4n) is 0.144. The number of hydrogen-bond donors (Lipinski definition) is 0. The highest BCUT2D eigenvalue weighted by Crippen LogP contribution is 2.17. The molecule has 0 fully saturated rings. The average Bonchev–Trinajstić information content (AvgIpc) is 1.59. The maximum absolute atomic E-state index is 11.1. The molecule has 8 heavy (non-hydrogen) atoms. The Kier molecular flexibility index (Phi) is 2.19. The molecule has 0 unspecified atom stereocenters. The Labute approximate surface area is 44.7 Å². The van der Waals surface area contributed by atoms with Crippen molar-refractivity contribution in [2.45, 2.75) is 12.6 Å². The Morgan fingerprint density at radius 1 is 1.38 bits per heavy atom. The zero-order chi connectivity index (χ0) is 6.62. The smallest absolute Gasteiger partial charge is 0.252 e. The third-order valence-corrected chi connectivity index (χ3v) is 0.377. The van der Waals surface area contributed by atoms with E-state index in [1.807, 2.05) is 0 Å². The summed E-state index contributed by atoms with van der Waals surface area (Å²) >= 11 is 0. The van der Waals surface area contributed by atoms with Crippen LogP contribution in [0.3, 0.4) is 0 Å². The largest absolute Gasteiger partial charge is 0.399 e. The molecule has 0 aliphatic carbocycles. The standard InChI is InChI=1S/C4H3F3N/c5-4(6,7)2-1-3-8/h8H,2H2. The normalized spacial score (nSPS) is 9.88. The van der Waals surface area contributed by atoms with Crippen LogP contribution in [0.5, 0.6) is 0 Å². The quantitative estimate of drug-likeness (QED) is 0.431. The van der Waals surface area contributed by atoms with Gasteiger partial charge in [-0.25, -0.2) is 0 Å². The second-order valence-corrected chi connectivity index (χ2v) is 1.09. The van der Waals surface area contributed by atoms with Gasteiger partial charge in [0.1, 0.15) is 6.42 Å². The summed E-state index contributed by atoms with van der Waals surface area (Å²) in [7, 11) is 0. The predicted octanol–water partition coefficient (Wildman–Crippen LogP) is 1.18. The number of halogens is 3. The second kappa shape index (κ2) is 2.46. The molecule has 0 rings (SSSR count). The van der Waals surface area contributed by atoms with Gasteiger partial charge in [0, 0.05) is 6.04 Å². The number of alkyl halides is 3. The monoisotopic (exact) mass is 122 g/mol. The van der Waals surface area contributed by atoms with E-state index in [9.17, 15) is 13.2 Å². The van der Waals surface area contributed by atoms with Crippen LogP contribution < -0.4 is 5.73 Å². The van der Waals surface area contributed by atoms with Crippen LogP contribution in [0.4, 0.5) is 13.2 Å². The number of rotatable bonds is 0. The van der Waals surface area contributed by atoms with E-state index in [1.165, 1.54) is 6.04 Å². The minimum Gasteiger partial charge on any atom is -0.252 e. The van der Waals surface area contributed by atoms with Gasteiger partial charge in [-0.15, -0.1) is 0 Å². The summed E-state index contributed by atoms with van der Waals surface area (Å²) < 4.78 is 33.2. The molecule has 0 aromatic rings. The van der Waals surface area contributed by atoms with Gasteiger partial charge in [-0.3, -0.25) is 5.73 Å². The Balaban J connectivity index is 3.50. The van der Waals surface area contributed by atoms with Crippen molar-refractivity contribution in [1.82, 2.24) is 5.73 Å². The summed E-state index contributed by atoms with van der Waals surface area (Å²) in [4.78, 5) is 0. The minimum atomic E-state index is -4.24. The van der Waals surface area contributed by atoms with E-state index in [0.29, 0.717) is 0 Å². The first-order valence-corrected chi connectivity index (χ1v) is 1.77. The van der Waals surface area contributed by atoms with E-state index in [1.54, 1.807) is 5.92 Å². The van der Waals surface area contributed by atoms with E-state index < -0.39 is 12.6 Å². The van der Waals surface area contributed by atoms with Gasteiger partial charge in [0.25, 0.3) is 0 Å². The van der Waals surface area contributed by atoms with Gasteiger partial charge in [-0.2, -0.15) is 13.2 Å². The van der Waals surface area contributed by atoms with Gasteiger partial charge < -0.3 is 0 Å². The van der Waals surface area contributed by atoms with Crippen molar-refractivity contribution in [2.24, 2.45) is 0 Å². The topological polar surface area (TPSA) is 23.8 Å². The lowest BCUT2D eigenvalue weighted by atomic mass is 10.4. The summed E-state index contributed by atoms with van der Waals surface area (Å²) in [5.41, 5.74) is 6.02. The minimum absolute atomic E-state index is 1.18. The summed E-state index contributed by atoms with van der Waals surface area (Å²) in [6.45, 7) is 0.